The van der Waals surface area contributed by atoms with Crippen LogP contribution < -0.4 is 0 Å². The van der Waals surface area contributed by atoms with Gasteiger partial charge >= 0.3 is 0 Å². The topological polar surface area (TPSA) is 60.7 Å². The molecular weight excluding hydrogens is 295 g/mol. The molecule has 1 aromatic carbocycles. The van der Waals surface area contributed by atoms with Crippen molar-refractivity contribution in [2.24, 2.45) is 0 Å². The van der Waals surface area contributed by atoms with Crippen LogP contribution in [-0.2, 0) is 6.42 Å². The third kappa shape index (κ3) is 3.53. The third-order valence-electron chi connectivity index (χ3n) is 1.99. The van der Waals surface area contributed by atoms with Crippen molar-refractivity contribution in [1.29, 1.82) is 0 Å². The zero-order valence-corrected chi connectivity index (χ0v) is 9.76. The van der Waals surface area contributed by atoms with E-state index in [4.69, 9.17) is 10.2 Å². The van der Waals surface area contributed by atoms with E-state index in [0.29, 0.717) is 6.42 Å². The Bertz CT molecular complexity index is 273. The summed E-state index contributed by atoms with van der Waals surface area (Å²) in [7, 11) is 0. The molecule has 0 aliphatic heterocycles. The highest BCUT2D eigenvalue weighted by Gasteiger charge is 2.15. The van der Waals surface area contributed by atoms with Crippen molar-refractivity contribution in [2.45, 2.75) is 18.6 Å². The summed E-state index contributed by atoms with van der Waals surface area (Å²) < 4.78 is 1.13. The summed E-state index contributed by atoms with van der Waals surface area (Å²) in [6, 6.07) is 7.67. The largest absolute Gasteiger partial charge is 0.394 e. The Morgan fingerprint density at radius 2 is 1.64 bits per heavy atom. The van der Waals surface area contributed by atoms with Crippen LogP contribution in [0.1, 0.15) is 5.56 Å². The molecular formula is C10H13IO3. The zero-order valence-electron chi connectivity index (χ0n) is 7.60. The number of hydrogen-bond acceptors (Lipinski definition) is 3. The molecule has 0 aliphatic rings. The maximum absolute atomic E-state index is 9.43. The smallest absolute Gasteiger partial charge is 0.103 e. The average Bonchev–Trinajstić information content (AvgIpc) is 2.20. The summed E-state index contributed by atoms with van der Waals surface area (Å²) in [6.45, 7) is -0.411. The van der Waals surface area contributed by atoms with Gasteiger partial charge in [0, 0.05) is 9.99 Å². The molecule has 3 N–H and O–H groups in total. The fourth-order valence-corrected chi connectivity index (χ4v) is 1.48. The monoisotopic (exact) mass is 308 g/mol. The van der Waals surface area contributed by atoms with E-state index >= 15 is 0 Å². The van der Waals surface area contributed by atoms with E-state index in [-0.39, 0.29) is 0 Å². The first-order valence-corrected chi connectivity index (χ1v) is 5.43. The Labute approximate surface area is 96.5 Å². The first-order chi connectivity index (χ1) is 6.63. The highest BCUT2D eigenvalue weighted by atomic mass is 127. The van der Waals surface area contributed by atoms with Gasteiger partial charge in [-0.2, -0.15) is 0 Å². The quantitative estimate of drug-likeness (QED) is 0.712. The summed E-state index contributed by atoms with van der Waals surface area (Å²) >= 11 is 2.20. The molecule has 2 unspecified atom stereocenters. The van der Waals surface area contributed by atoms with Gasteiger partial charge in [0.25, 0.3) is 0 Å². The molecule has 1 aromatic rings. The van der Waals surface area contributed by atoms with Crippen LogP contribution in [0.5, 0.6) is 0 Å². The summed E-state index contributed by atoms with van der Waals surface area (Å²) in [5, 5.41) is 27.2. The first kappa shape index (κ1) is 11.9. The van der Waals surface area contributed by atoms with Crippen molar-refractivity contribution in [2.75, 3.05) is 6.61 Å². The molecule has 0 heterocycles. The second-order valence-corrected chi connectivity index (χ2v) is 4.39. The molecule has 0 spiro atoms. The Kier molecular flexibility index (Phi) is 4.80. The van der Waals surface area contributed by atoms with Gasteiger partial charge in [-0.05, 0) is 40.3 Å². The minimum absolute atomic E-state index is 0.360. The van der Waals surface area contributed by atoms with Crippen molar-refractivity contribution in [1.82, 2.24) is 0 Å². The molecule has 0 fully saturated rings. The minimum atomic E-state index is -1.06. The summed E-state index contributed by atoms with van der Waals surface area (Å²) in [5.74, 6) is 0. The van der Waals surface area contributed by atoms with E-state index in [9.17, 15) is 5.11 Å². The maximum atomic E-state index is 9.43. The Balaban J connectivity index is 2.56. The van der Waals surface area contributed by atoms with Crippen LogP contribution in [0.4, 0.5) is 0 Å². The lowest BCUT2D eigenvalue weighted by molar-refractivity contribution is -0.0132. The van der Waals surface area contributed by atoms with Crippen molar-refractivity contribution in [3.8, 4) is 0 Å². The van der Waals surface area contributed by atoms with Crippen LogP contribution in [0.2, 0.25) is 0 Å². The van der Waals surface area contributed by atoms with Gasteiger partial charge in [-0.3, -0.25) is 0 Å². The Hall–Kier alpha value is -0.170. The molecule has 0 bridgehead atoms. The normalized spacial score (nSPS) is 15.1. The summed E-state index contributed by atoms with van der Waals surface area (Å²) in [4.78, 5) is 0. The van der Waals surface area contributed by atoms with Crippen LogP contribution in [0.3, 0.4) is 0 Å². The van der Waals surface area contributed by atoms with Crippen LogP contribution in [-0.4, -0.2) is 34.1 Å². The number of benzene rings is 1. The molecule has 0 saturated carbocycles. The molecule has 0 aliphatic carbocycles. The first-order valence-electron chi connectivity index (χ1n) is 4.35. The average molecular weight is 308 g/mol. The van der Waals surface area contributed by atoms with Gasteiger partial charge < -0.3 is 15.3 Å². The lowest BCUT2D eigenvalue weighted by Crippen LogP contribution is -2.31. The van der Waals surface area contributed by atoms with Gasteiger partial charge in [-0.15, -0.1) is 0 Å². The van der Waals surface area contributed by atoms with Crippen molar-refractivity contribution in [3.63, 3.8) is 0 Å². The van der Waals surface area contributed by atoms with Gasteiger partial charge in [0.1, 0.15) is 6.10 Å². The highest BCUT2D eigenvalue weighted by Crippen LogP contribution is 2.10. The molecule has 14 heavy (non-hydrogen) atoms. The van der Waals surface area contributed by atoms with Gasteiger partial charge in [-0.25, -0.2) is 0 Å². The standard InChI is InChI=1S/C10H13IO3/c11-8-3-1-7(2-4-8)5-9(13)10(14)6-12/h1-4,9-10,12-14H,5-6H2. The maximum Gasteiger partial charge on any atom is 0.103 e. The van der Waals surface area contributed by atoms with Crippen LogP contribution in [0, 0.1) is 3.57 Å². The molecule has 0 saturated heterocycles. The molecule has 0 aromatic heterocycles. The van der Waals surface area contributed by atoms with E-state index in [1.807, 2.05) is 24.3 Å². The molecule has 2 atom stereocenters. The number of aliphatic hydroxyl groups is 3. The fourth-order valence-electron chi connectivity index (χ4n) is 1.12. The van der Waals surface area contributed by atoms with E-state index in [1.165, 1.54) is 0 Å². The lowest BCUT2D eigenvalue weighted by Gasteiger charge is -2.15. The SMILES string of the molecule is OCC(O)C(O)Cc1ccc(I)cc1. The number of rotatable bonds is 4. The summed E-state index contributed by atoms with van der Waals surface area (Å²) in [5.41, 5.74) is 0.949. The number of hydrogen-bond donors (Lipinski definition) is 3. The van der Waals surface area contributed by atoms with Crippen molar-refractivity contribution in [3.05, 3.63) is 33.4 Å². The van der Waals surface area contributed by atoms with E-state index < -0.39 is 18.8 Å². The lowest BCUT2D eigenvalue weighted by atomic mass is 10.0. The summed E-state index contributed by atoms with van der Waals surface area (Å²) in [6.07, 6.45) is -1.60. The van der Waals surface area contributed by atoms with E-state index in [2.05, 4.69) is 22.6 Å². The highest BCUT2D eigenvalue weighted by molar-refractivity contribution is 14.1. The molecule has 4 heteroatoms. The second kappa shape index (κ2) is 5.65. The minimum Gasteiger partial charge on any atom is -0.394 e. The third-order valence-corrected chi connectivity index (χ3v) is 2.71. The van der Waals surface area contributed by atoms with Crippen LogP contribution >= 0.6 is 22.6 Å². The van der Waals surface area contributed by atoms with Gasteiger partial charge in [0.15, 0.2) is 0 Å². The molecule has 0 radical (unpaired) electrons. The number of halogens is 1. The van der Waals surface area contributed by atoms with Crippen LogP contribution in [0.25, 0.3) is 0 Å². The van der Waals surface area contributed by atoms with Crippen LogP contribution in [0.15, 0.2) is 24.3 Å². The molecule has 78 valence electrons. The van der Waals surface area contributed by atoms with Gasteiger partial charge in [0.05, 0.1) is 12.7 Å². The predicted molar refractivity (Wildman–Crippen MR) is 62.0 cm³/mol. The van der Waals surface area contributed by atoms with Crippen molar-refractivity contribution < 1.29 is 15.3 Å². The molecule has 0 amide bonds. The Morgan fingerprint density at radius 1 is 1.07 bits per heavy atom. The van der Waals surface area contributed by atoms with Gasteiger partial charge in [-0.1, -0.05) is 12.1 Å². The fraction of sp³-hybridized carbons (Fsp3) is 0.400. The van der Waals surface area contributed by atoms with E-state index in [1.54, 1.807) is 0 Å². The molecule has 3 nitrogen and oxygen atoms in total. The van der Waals surface area contributed by atoms with Crippen molar-refractivity contribution >= 4 is 22.6 Å². The predicted octanol–water partition coefficient (Wildman–Crippen LogP) is 0.548. The van der Waals surface area contributed by atoms with Gasteiger partial charge in [0.2, 0.25) is 0 Å². The number of aliphatic hydroxyl groups excluding tert-OH is 3. The Morgan fingerprint density at radius 3 is 2.14 bits per heavy atom. The molecule has 1 rings (SSSR count). The second-order valence-electron chi connectivity index (χ2n) is 3.15. The van der Waals surface area contributed by atoms with E-state index in [0.717, 1.165) is 9.13 Å². The zero-order chi connectivity index (χ0) is 10.6.